The van der Waals surface area contributed by atoms with Gasteiger partial charge in [0.25, 0.3) is 0 Å². The van der Waals surface area contributed by atoms with Crippen molar-refractivity contribution < 1.29 is 0 Å². The zero-order chi connectivity index (χ0) is 8.72. The Hall–Kier alpha value is 0.350. The summed E-state index contributed by atoms with van der Waals surface area (Å²) in [5, 5.41) is 1.49. The second kappa shape index (κ2) is 3.25. The van der Waals surface area contributed by atoms with E-state index in [2.05, 4.69) is 32.6 Å². The highest BCUT2D eigenvalue weighted by molar-refractivity contribution is 14.1. The van der Waals surface area contributed by atoms with E-state index in [0.717, 1.165) is 13.1 Å². The molecule has 0 fully saturated rings. The van der Waals surface area contributed by atoms with Crippen LogP contribution in [0.4, 0.5) is 0 Å². The van der Waals surface area contributed by atoms with Gasteiger partial charge in [-0.3, -0.25) is 0 Å². The zero-order valence-corrected chi connectivity index (χ0v) is 10.00. The fourth-order valence-electron chi connectivity index (χ4n) is 0.833. The van der Waals surface area contributed by atoms with Crippen molar-refractivity contribution in [1.82, 2.24) is 9.97 Å². The van der Waals surface area contributed by atoms with Gasteiger partial charge >= 0.3 is 0 Å². The summed E-state index contributed by atoms with van der Waals surface area (Å²) in [6, 6.07) is 1.94. The van der Waals surface area contributed by atoms with Gasteiger partial charge in [0, 0.05) is 5.39 Å². The second-order valence-electron chi connectivity index (χ2n) is 2.05. The lowest BCUT2D eigenvalue weighted by Crippen LogP contribution is -1.81. The molecule has 0 aliphatic carbocycles. The highest BCUT2D eigenvalue weighted by atomic mass is 127. The third kappa shape index (κ3) is 1.53. The van der Waals surface area contributed by atoms with Crippen LogP contribution in [0.1, 0.15) is 0 Å². The first kappa shape index (κ1) is 8.93. The molecule has 0 spiro atoms. The van der Waals surface area contributed by atoms with Crippen molar-refractivity contribution in [3.8, 4) is 0 Å². The smallest absolute Gasteiger partial charge is 0.207 e. The molecule has 0 atom stereocenters. The average molecular weight is 331 g/mol. The number of fused-ring (bicyclic) bond motifs is 1. The van der Waals surface area contributed by atoms with E-state index < -0.39 is 0 Å². The van der Waals surface area contributed by atoms with E-state index in [-0.39, 0.29) is 5.28 Å². The number of aromatic nitrogens is 2. The first-order chi connectivity index (χ1) is 5.66. The molecule has 12 heavy (non-hydrogen) atoms. The summed E-state index contributed by atoms with van der Waals surface area (Å²) >= 11 is 15.2. The predicted octanol–water partition coefficient (Wildman–Crippen LogP) is 3.60. The van der Waals surface area contributed by atoms with E-state index in [0.29, 0.717) is 5.15 Å². The van der Waals surface area contributed by atoms with Gasteiger partial charge in [0.05, 0.1) is 2.88 Å². The maximum Gasteiger partial charge on any atom is 0.225 e. The van der Waals surface area contributed by atoms with Crippen LogP contribution in [0.5, 0.6) is 0 Å². The Morgan fingerprint density at radius 3 is 2.83 bits per heavy atom. The lowest BCUT2D eigenvalue weighted by Gasteiger charge is -1.91. The van der Waals surface area contributed by atoms with Crippen LogP contribution in [0.3, 0.4) is 0 Å². The van der Waals surface area contributed by atoms with Crippen LogP contribution in [0.25, 0.3) is 10.2 Å². The van der Waals surface area contributed by atoms with Gasteiger partial charge in [0.1, 0.15) is 9.98 Å². The van der Waals surface area contributed by atoms with Crippen molar-refractivity contribution >= 4 is 67.3 Å². The third-order valence-electron chi connectivity index (χ3n) is 1.29. The van der Waals surface area contributed by atoms with E-state index in [1.807, 2.05) is 6.07 Å². The van der Waals surface area contributed by atoms with Gasteiger partial charge in [-0.1, -0.05) is 11.6 Å². The molecular weight excluding hydrogens is 330 g/mol. The summed E-state index contributed by atoms with van der Waals surface area (Å²) in [7, 11) is 0. The Morgan fingerprint density at radius 2 is 2.08 bits per heavy atom. The molecule has 0 bridgehead atoms. The van der Waals surface area contributed by atoms with Gasteiger partial charge in [-0.05, 0) is 40.3 Å². The fraction of sp³-hybridized carbons (Fsp3) is 0. The summed E-state index contributed by atoms with van der Waals surface area (Å²) in [6.45, 7) is 0. The van der Waals surface area contributed by atoms with Gasteiger partial charge in [-0.25, -0.2) is 9.97 Å². The van der Waals surface area contributed by atoms with Crippen LogP contribution in [-0.2, 0) is 0 Å². The summed E-state index contributed by atoms with van der Waals surface area (Å²) in [4.78, 5) is 8.72. The molecule has 2 heterocycles. The van der Waals surface area contributed by atoms with Crippen molar-refractivity contribution in [2.24, 2.45) is 0 Å². The Labute approximate surface area is 96.1 Å². The molecule has 0 radical (unpaired) electrons. The van der Waals surface area contributed by atoms with Crippen molar-refractivity contribution in [3.63, 3.8) is 0 Å². The molecule has 0 N–H and O–H groups in total. The lowest BCUT2D eigenvalue weighted by atomic mass is 10.4. The van der Waals surface area contributed by atoms with Gasteiger partial charge in [-0.2, -0.15) is 0 Å². The highest BCUT2D eigenvalue weighted by Gasteiger charge is 2.07. The SMILES string of the molecule is Clc1nc(Cl)c2cc(I)sc2n1. The minimum atomic E-state index is 0.200. The molecule has 2 nitrogen and oxygen atoms in total. The number of nitrogens with zero attached hydrogens (tertiary/aromatic N) is 2. The maximum absolute atomic E-state index is 5.84. The van der Waals surface area contributed by atoms with E-state index in [1.165, 1.54) is 0 Å². The quantitative estimate of drug-likeness (QED) is 0.419. The second-order valence-corrected chi connectivity index (χ2v) is 5.67. The van der Waals surface area contributed by atoms with Crippen LogP contribution in [0.15, 0.2) is 6.07 Å². The minimum Gasteiger partial charge on any atom is -0.207 e. The molecule has 2 aromatic heterocycles. The monoisotopic (exact) mass is 330 g/mol. The van der Waals surface area contributed by atoms with Gasteiger partial charge in [-0.15, -0.1) is 11.3 Å². The van der Waals surface area contributed by atoms with Gasteiger partial charge < -0.3 is 0 Å². The summed E-state index contributed by atoms with van der Waals surface area (Å²) in [6.07, 6.45) is 0. The first-order valence-corrected chi connectivity index (χ1v) is 5.60. The molecule has 0 aliphatic rings. The number of rotatable bonds is 0. The number of halogens is 3. The van der Waals surface area contributed by atoms with Crippen molar-refractivity contribution in [1.29, 1.82) is 0 Å². The van der Waals surface area contributed by atoms with Crippen LogP contribution in [-0.4, -0.2) is 9.97 Å². The number of hydrogen-bond donors (Lipinski definition) is 0. The van der Waals surface area contributed by atoms with E-state index in [9.17, 15) is 0 Å². The van der Waals surface area contributed by atoms with Crippen LogP contribution in [0, 0.1) is 2.88 Å². The highest BCUT2D eigenvalue weighted by Crippen LogP contribution is 2.30. The van der Waals surface area contributed by atoms with Crippen LogP contribution in [0.2, 0.25) is 10.4 Å². The summed E-state index contributed by atoms with van der Waals surface area (Å²) < 4.78 is 1.13. The largest absolute Gasteiger partial charge is 0.225 e. The van der Waals surface area contributed by atoms with Gasteiger partial charge in [0.15, 0.2) is 0 Å². The first-order valence-electron chi connectivity index (χ1n) is 2.95. The summed E-state index contributed by atoms with van der Waals surface area (Å²) in [5.41, 5.74) is 0. The Morgan fingerprint density at radius 1 is 1.33 bits per heavy atom. The fourth-order valence-corrected chi connectivity index (χ4v) is 3.07. The van der Waals surface area contributed by atoms with Crippen molar-refractivity contribution in [2.75, 3.05) is 0 Å². The Kier molecular flexibility index (Phi) is 2.42. The zero-order valence-electron chi connectivity index (χ0n) is 5.51. The number of hydrogen-bond acceptors (Lipinski definition) is 3. The predicted molar refractivity (Wildman–Crippen MR) is 60.2 cm³/mol. The van der Waals surface area contributed by atoms with E-state index in [1.54, 1.807) is 11.3 Å². The maximum atomic E-state index is 5.84. The molecule has 62 valence electrons. The van der Waals surface area contributed by atoms with Crippen molar-refractivity contribution in [2.45, 2.75) is 0 Å². The normalized spacial score (nSPS) is 10.9. The van der Waals surface area contributed by atoms with Gasteiger partial charge in [0.2, 0.25) is 5.28 Å². The lowest BCUT2D eigenvalue weighted by molar-refractivity contribution is 1.23. The molecular formula is C6HCl2IN2S. The average Bonchev–Trinajstić information content (AvgIpc) is 2.29. The standard InChI is InChI=1S/C6HCl2IN2S/c7-4-2-1-3(9)12-5(2)11-6(8)10-4/h1H. The van der Waals surface area contributed by atoms with Crippen molar-refractivity contribution in [3.05, 3.63) is 19.4 Å². The number of thiophene rings is 1. The molecule has 0 amide bonds. The summed E-state index contributed by atoms with van der Waals surface area (Å²) in [5.74, 6) is 0. The molecule has 0 aromatic carbocycles. The molecule has 2 aromatic rings. The molecule has 6 heteroatoms. The molecule has 2 rings (SSSR count). The third-order valence-corrected chi connectivity index (χ3v) is 3.54. The topological polar surface area (TPSA) is 25.8 Å². The molecule has 0 unspecified atom stereocenters. The van der Waals surface area contributed by atoms with Crippen LogP contribution >= 0.6 is 57.1 Å². The van der Waals surface area contributed by atoms with E-state index in [4.69, 9.17) is 23.2 Å². The molecule has 0 saturated carbocycles. The Balaban J connectivity index is 2.88. The molecule has 0 saturated heterocycles. The van der Waals surface area contributed by atoms with E-state index >= 15 is 0 Å². The Bertz CT molecular complexity index is 442. The van der Waals surface area contributed by atoms with Crippen LogP contribution < -0.4 is 0 Å². The minimum absolute atomic E-state index is 0.200. The molecule has 0 aliphatic heterocycles.